The van der Waals surface area contributed by atoms with Gasteiger partial charge < -0.3 is 25.8 Å². The van der Waals surface area contributed by atoms with Crippen LogP contribution in [0.25, 0.3) is 16.6 Å². The molecule has 0 amide bonds. The minimum Gasteiger partial charge on any atom is -0.434 e. The highest BCUT2D eigenvalue weighted by molar-refractivity contribution is 5.81. The van der Waals surface area contributed by atoms with Crippen molar-refractivity contribution in [2.24, 2.45) is 5.73 Å². The molecule has 0 spiro atoms. The Hall–Kier alpha value is -3.88. The Bertz CT molecular complexity index is 1670. The first kappa shape index (κ1) is 28.2. The number of aromatic nitrogens is 4. The van der Waals surface area contributed by atoms with Crippen LogP contribution in [0.5, 0.6) is 5.75 Å². The molecule has 2 unspecified atom stereocenters. The Kier molecular flexibility index (Phi) is 6.82. The number of alkyl halides is 2. The number of hydrogen-bond acceptors (Lipinski definition) is 10. The first-order valence-electron chi connectivity index (χ1n) is 13.5. The molecule has 0 bridgehead atoms. The van der Waals surface area contributed by atoms with Crippen LogP contribution in [0, 0.1) is 6.92 Å². The van der Waals surface area contributed by atoms with Crippen LogP contribution >= 0.6 is 0 Å². The number of ether oxygens (including phenoxy) is 1. The number of nitrogens with two attached hydrogens (primary N) is 1. The second kappa shape index (κ2) is 10.1. The average Bonchev–Trinajstić information content (AvgIpc) is 3.46. The van der Waals surface area contributed by atoms with Crippen LogP contribution in [0.15, 0.2) is 42.9 Å². The van der Waals surface area contributed by atoms with Gasteiger partial charge in [-0.05, 0) is 62.9 Å². The maximum Gasteiger partial charge on any atom is 0.387 e. The Morgan fingerprint density at radius 3 is 2.52 bits per heavy atom. The van der Waals surface area contributed by atoms with Gasteiger partial charge in [0.25, 0.3) is 0 Å². The fraction of sp³-hybridized carbons (Fsp3) is 0.379. The summed E-state index contributed by atoms with van der Waals surface area (Å²) >= 11 is 0. The van der Waals surface area contributed by atoms with Gasteiger partial charge in [-0.1, -0.05) is 12.1 Å². The van der Waals surface area contributed by atoms with Gasteiger partial charge in [-0.2, -0.15) is 13.9 Å². The van der Waals surface area contributed by atoms with E-state index in [1.54, 1.807) is 23.1 Å². The van der Waals surface area contributed by atoms with Gasteiger partial charge in [0.2, 0.25) is 0 Å². The molecule has 3 heterocycles. The summed E-state index contributed by atoms with van der Waals surface area (Å²) < 4.78 is 33.3. The van der Waals surface area contributed by atoms with Crippen LogP contribution in [0.1, 0.15) is 76.2 Å². The highest BCUT2D eigenvalue weighted by Gasteiger charge is 2.45. The van der Waals surface area contributed by atoms with Crippen LogP contribution in [-0.4, -0.2) is 65.8 Å². The molecule has 13 heteroatoms. The number of carbonyl (C=O) groups excluding carboxylic acids is 1. The summed E-state index contributed by atoms with van der Waals surface area (Å²) in [5, 5.41) is 34.8. The molecule has 2 aliphatic rings. The summed E-state index contributed by atoms with van der Waals surface area (Å²) in [7, 11) is 1.30. The highest BCUT2D eigenvalue weighted by atomic mass is 19.3. The van der Waals surface area contributed by atoms with E-state index in [2.05, 4.69) is 9.97 Å². The topological polar surface area (TPSA) is 159 Å². The van der Waals surface area contributed by atoms with Gasteiger partial charge in [0, 0.05) is 46.8 Å². The third-order valence-electron chi connectivity index (χ3n) is 8.55. The Morgan fingerprint density at radius 1 is 1.21 bits per heavy atom. The summed E-state index contributed by atoms with van der Waals surface area (Å²) in [5.74, 6) is -0.322. The van der Waals surface area contributed by atoms with Crippen LogP contribution in [0.4, 0.5) is 8.78 Å². The van der Waals surface area contributed by atoms with Crippen molar-refractivity contribution < 1.29 is 33.6 Å². The van der Waals surface area contributed by atoms with Crippen LogP contribution in [-0.2, 0) is 5.54 Å². The van der Waals surface area contributed by atoms with Gasteiger partial charge in [0.1, 0.15) is 17.9 Å². The van der Waals surface area contributed by atoms with E-state index in [1.807, 2.05) is 13.0 Å². The van der Waals surface area contributed by atoms with Crippen molar-refractivity contribution in [1.82, 2.24) is 24.5 Å². The number of pyridine rings is 1. The lowest BCUT2D eigenvalue weighted by Crippen LogP contribution is -2.47. The van der Waals surface area contributed by atoms with Crippen molar-refractivity contribution in [3.05, 3.63) is 76.6 Å². The summed E-state index contributed by atoms with van der Waals surface area (Å²) in [6.45, 7) is -1.25. The van der Waals surface area contributed by atoms with Crippen molar-refractivity contribution in [3.63, 3.8) is 0 Å². The molecule has 0 radical (unpaired) electrons. The Morgan fingerprint density at radius 2 is 1.93 bits per heavy atom. The van der Waals surface area contributed by atoms with E-state index in [4.69, 9.17) is 15.6 Å². The molecular formula is C29H30F2N6O5. The molecule has 5 N–H and O–H groups in total. The number of halogens is 2. The van der Waals surface area contributed by atoms with Gasteiger partial charge in [-0.15, -0.1) is 0 Å². The lowest BCUT2D eigenvalue weighted by Gasteiger charge is -2.36. The van der Waals surface area contributed by atoms with Crippen LogP contribution < -0.4 is 10.5 Å². The first-order chi connectivity index (χ1) is 19.9. The smallest absolute Gasteiger partial charge is 0.387 e. The predicted octanol–water partition coefficient (Wildman–Crippen LogP) is 2.95. The van der Waals surface area contributed by atoms with Crippen molar-refractivity contribution in [3.8, 4) is 16.9 Å². The number of fused-ring (bicyclic) bond motifs is 3. The fourth-order valence-corrected chi connectivity index (χ4v) is 6.14. The number of aldehydes is 1. The molecule has 11 nitrogen and oxygen atoms in total. The van der Waals surface area contributed by atoms with Crippen molar-refractivity contribution in [1.29, 1.82) is 0 Å². The molecule has 220 valence electrons. The summed E-state index contributed by atoms with van der Waals surface area (Å²) in [4.78, 5) is 22.1. The van der Waals surface area contributed by atoms with E-state index in [1.165, 1.54) is 25.2 Å². The largest absolute Gasteiger partial charge is 0.434 e. The van der Waals surface area contributed by atoms with E-state index < -0.39 is 30.2 Å². The van der Waals surface area contributed by atoms with E-state index in [0.717, 1.165) is 40.9 Å². The lowest BCUT2D eigenvalue weighted by atomic mass is 9.77. The summed E-state index contributed by atoms with van der Waals surface area (Å²) in [6, 6.07) is 5.31. The van der Waals surface area contributed by atoms with E-state index in [-0.39, 0.29) is 23.3 Å². The molecular weight excluding hydrogens is 550 g/mol. The molecule has 0 saturated heterocycles. The SMILES string of the molecule is Cc1cn2nc3c(c2cc1-c1cnc(C2(N)CCC2)nc1)C(c1c(C=O)cccc1OC(F)F)CC3N(C)C(O)(O)O. The zero-order valence-electron chi connectivity index (χ0n) is 22.9. The van der Waals surface area contributed by atoms with Gasteiger partial charge in [0.15, 0.2) is 0 Å². The second-order valence-electron chi connectivity index (χ2n) is 11.1. The number of carbonyl (C=O) groups is 1. The average molecular weight is 581 g/mol. The quantitative estimate of drug-likeness (QED) is 0.180. The number of aryl methyl sites for hydroxylation is 1. The molecule has 6 rings (SSSR count). The lowest BCUT2D eigenvalue weighted by molar-refractivity contribution is -0.396. The zero-order chi connectivity index (χ0) is 30.0. The van der Waals surface area contributed by atoms with Crippen molar-refractivity contribution >= 4 is 11.8 Å². The molecule has 1 saturated carbocycles. The number of hydrogen-bond donors (Lipinski definition) is 4. The standard InChI is InChI=1S/C29H30F2N6O5/c1-15-13-37-20(9-18(15)17-11-33-26(34-12-17)28(32)7-4-8-28)24-19(10-21(25(24)35-37)36(2)29(39,40)41)23-16(14-38)5-3-6-22(23)42-27(30)31/h3,5-6,9,11-14,19,21,27,39-41H,4,7-8,10,32H2,1-2H3. The van der Waals surface area contributed by atoms with Gasteiger partial charge in [-0.25, -0.2) is 19.4 Å². The normalized spacial score (nSPS) is 19.8. The molecule has 2 aliphatic carbocycles. The third-order valence-corrected chi connectivity index (χ3v) is 8.55. The van der Waals surface area contributed by atoms with E-state index >= 15 is 0 Å². The maximum atomic E-state index is 13.4. The Labute approximate surface area is 239 Å². The van der Waals surface area contributed by atoms with Gasteiger partial charge in [-0.3, -0.25) is 4.79 Å². The highest BCUT2D eigenvalue weighted by Crippen LogP contribution is 2.52. The van der Waals surface area contributed by atoms with Crippen molar-refractivity contribution in [2.45, 2.75) is 62.8 Å². The Balaban J connectivity index is 1.54. The minimum absolute atomic E-state index is 0.0815. The molecule has 4 aromatic rings. The molecule has 1 fully saturated rings. The number of benzene rings is 1. The van der Waals surface area contributed by atoms with E-state index in [9.17, 15) is 28.9 Å². The molecule has 42 heavy (non-hydrogen) atoms. The minimum atomic E-state index is -3.19. The van der Waals surface area contributed by atoms with Crippen LogP contribution in [0.2, 0.25) is 0 Å². The molecule has 1 aromatic carbocycles. The third kappa shape index (κ3) is 4.63. The summed E-state index contributed by atoms with van der Waals surface area (Å²) in [5.41, 5.74) is 10.1. The summed E-state index contributed by atoms with van der Waals surface area (Å²) in [6.07, 6.45) is 5.35. The maximum absolute atomic E-state index is 13.4. The molecule has 3 aromatic heterocycles. The number of nitrogens with zero attached hydrogens (tertiary/aromatic N) is 5. The van der Waals surface area contributed by atoms with Crippen LogP contribution in [0.3, 0.4) is 0 Å². The monoisotopic (exact) mass is 580 g/mol. The van der Waals surface area contributed by atoms with Crippen molar-refractivity contribution in [2.75, 3.05) is 7.05 Å². The zero-order valence-corrected chi connectivity index (χ0v) is 22.9. The van der Waals surface area contributed by atoms with E-state index in [0.29, 0.717) is 28.9 Å². The van der Waals surface area contributed by atoms with Gasteiger partial charge >= 0.3 is 12.7 Å². The number of rotatable bonds is 8. The van der Waals surface area contributed by atoms with Gasteiger partial charge in [0.05, 0.1) is 22.8 Å². The predicted molar refractivity (Wildman–Crippen MR) is 145 cm³/mol. The number of aliphatic hydroxyl groups is 3. The first-order valence-corrected chi connectivity index (χ1v) is 13.5. The molecule has 0 aliphatic heterocycles. The fourth-order valence-electron chi connectivity index (χ4n) is 6.14. The second-order valence-corrected chi connectivity index (χ2v) is 11.1. The molecule has 2 atom stereocenters.